The Hall–Kier alpha value is -1.76. The van der Waals surface area contributed by atoms with E-state index in [1.165, 1.54) is 28.9 Å². The smallest absolute Gasteiger partial charge is 0.240 e. The molecular weight excluding hydrogens is 358 g/mol. The van der Waals surface area contributed by atoms with E-state index in [-0.39, 0.29) is 11.3 Å². The van der Waals surface area contributed by atoms with Crippen LogP contribution in [0.4, 0.5) is 5.13 Å². The Morgan fingerprint density at radius 1 is 1.37 bits per heavy atom. The van der Waals surface area contributed by atoms with Crippen LogP contribution in [0.1, 0.15) is 30.4 Å². The van der Waals surface area contributed by atoms with Crippen LogP contribution in [0.3, 0.4) is 0 Å². The zero-order valence-corrected chi connectivity index (χ0v) is 16.9. The number of carbonyl (C=O) groups is 1. The third-order valence-electron chi connectivity index (χ3n) is 5.71. The molecule has 5 nitrogen and oxygen atoms in total. The first kappa shape index (κ1) is 18.6. The second-order valence-electron chi connectivity index (χ2n) is 8.02. The number of thiazole rings is 1. The van der Waals surface area contributed by atoms with Crippen molar-refractivity contribution in [3.8, 4) is 11.3 Å². The van der Waals surface area contributed by atoms with E-state index in [9.17, 15) is 4.79 Å². The lowest BCUT2D eigenvalue weighted by molar-refractivity contribution is -0.117. The van der Waals surface area contributed by atoms with Crippen molar-refractivity contribution < 1.29 is 9.53 Å². The van der Waals surface area contributed by atoms with Gasteiger partial charge in [-0.2, -0.15) is 0 Å². The quantitative estimate of drug-likeness (QED) is 0.868. The molecule has 1 N–H and O–H groups in total. The molecule has 4 rings (SSSR count). The molecule has 2 fully saturated rings. The number of anilines is 1. The minimum atomic E-state index is 0.0191. The molecule has 0 radical (unpaired) electrons. The van der Waals surface area contributed by atoms with Gasteiger partial charge in [0, 0.05) is 29.5 Å². The molecule has 0 bridgehead atoms. The van der Waals surface area contributed by atoms with E-state index in [4.69, 9.17) is 4.74 Å². The van der Waals surface area contributed by atoms with Crippen molar-refractivity contribution in [2.24, 2.45) is 5.41 Å². The zero-order valence-electron chi connectivity index (χ0n) is 16.1. The Kier molecular flexibility index (Phi) is 5.30. The van der Waals surface area contributed by atoms with Crippen LogP contribution in [0, 0.1) is 19.3 Å². The molecule has 3 heterocycles. The van der Waals surface area contributed by atoms with Crippen LogP contribution >= 0.6 is 11.3 Å². The molecule has 2 aliphatic rings. The van der Waals surface area contributed by atoms with Crippen LogP contribution < -0.4 is 5.32 Å². The van der Waals surface area contributed by atoms with E-state index in [1.807, 2.05) is 5.38 Å². The summed E-state index contributed by atoms with van der Waals surface area (Å²) < 4.78 is 5.68. The summed E-state index contributed by atoms with van der Waals surface area (Å²) in [4.78, 5) is 19.4. The standard InChI is InChI=1S/C21H27N3O2S/c1-15-4-5-16(2)17(10-15)18-12-27-20(22-18)23-19(25)11-24-8-7-21(13-24)6-3-9-26-14-21/h4-5,10,12H,3,6-9,11,13-14H2,1-2H3,(H,22,23,25). The summed E-state index contributed by atoms with van der Waals surface area (Å²) in [6.07, 6.45) is 3.49. The fourth-order valence-corrected chi connectivity index (χ4v) is 4.95. The normalized spacial score (nSPS) is 23.0. The first-order valence-electron chi connectivity index (χ1n) is 9.66. The number of nitrogens with one attached hydrogen (secondary N) is 1. The van der Waals surface area contributed by atoms with Crippen LogP contribution in [-0.4, -0.2) is 48.6 Å². The zero-order chi connectivity index (χ0) is 18.9. The number of ether oxygens (including phenoxy) is 1. The summed E-state index contributed by atoms with van der Waals surface area (Å²) in [5.41, 5.74) is 4.74. The lowest BCUT2D eigenvalue weighted by Crippen LogP contribution is -2.37. The third-order valence-corrected chi connectivity index (χ3v) is 6.47. The predicted molar refractivity (Wildman–Crippen MR) is 109 cm³/mol. The number of hydrogen-bond acceptors (Lipinski definition) is 5. The number of likely N-dealkylation sites (tertiary alicyclic amines) is 1. The van der Waals surface area contributed by atoms with Crippen molar-refractivity contribution in [1.29, 1.82) is 0 Å². The Morgan fingerprint density at radius 2 is 2.26 bits per heavy atom. The fraction of sp³-hybridized carbons (Fsp3) is 0.524. The first-order valence-corrected chi connectivity index (χ1v) is 10.5. The maximum Gasteiger partial charge on any atom is 0.240 e. The average molecular weight is 386 g/mol. The molecule has 144 valence electrons. The summed E-state index contributed by atoms with van der Waals surface area (Å²) in [6, 6.07) is 6.36. The van der Waals surface area contributed by atoms with E-state index < -0.39 is 0 Å². The topological polar surface area (TPSA) is 54.5 Å². The molecule has 1 atom stereocenters. The van der Waals surface area contributed by atoms with Gasteiger partial charge in [-0.05, 0) is 51.3 Å². The van der Waals surface area contributed by atoms with Crippen molar-refractivity contribution in [2.75, 3.05) is 38.2 Å². The first-order chi connectivity index (χ1) is 13.0. The van der Waals surface area contributed by atoms with E-state index >= 15 is 0 Å². The van der Waals surface area contributed by atoms with Crippen molar-refractivity contribution in [2.45, 2.75) is 33.1 Å². The molecular formula is C21H27N3O2S. The molecule has 1 unspecified atom stereocenters. The molecule has 0 aliphatic carbocycles. The monoisotopic (exact) mass is 385 g/mol. The summed E-state index contributed by atoms with van der Waals surface area (Å²) in [5, 5.41) is 5.67. The van der Waals surface area contributed by atoms with Gasteiger partial charge in [-0.1, -0.05) is 17.7 Å². The summed E-state index contributed by atoms with van der Waals surface area (Å²) in [5.74, 6) is 0.0191. The Bertz CT molecular complexity index is 827. The molecule has 2 aliphatic heterocycles. The number of rotatable bonds is 4. The lowest BCUT2D eigenvalue weighted by Gasteiger charge is -2.33. The molecule has 1 amide bonds. The number of amides is 1. The van der Waals surface area contributed by atoms with Crippen LogP contribution in [0.25, 0.3) is 11.3 Å². The van der Waals surface area contributed by atoms with Gasteiger partial charge in [0.25, 0.3) is 0 Å². The van der Waals surface area contributed by atoms with Crippen LogP contribution in [0.15, 0.2) is 23.6 Å². The molecule has 2 aromatic rings. The summed E-state index contributed by atoms with van der Waals surface area (Å²) in [6.45, 7) is 8.27. The Labute approximate surface area is 164 Å². The van der Waals surface area contributed by atoms with Crippen molar-refractivity contribution in [3.05, 3.63) is 34.7 Å². The molecule has 6 heteroatoms. The van der Waals surface area contributed by atoms with Crippen LogP contribution in [0.2, 0.25) is 0 Å². The number of nitrogens with zero attached hydrogens (tertiary/aromatic N) is 2. The highest BCUT2D eigenvalue weighted by Gasteiger charge is 2.40. The largest absolute Gasteiger partial charge is 0.381 e. The number of carbonyl (C=O) groups excluding carboxylic acids is 1. The Balaban J connectivity index is 1.35. The van der Waals surface area contributed by atoms with E-state index in [1.54, 1.807) is 0 Å². The van der Waals surface area contributed by atoms with E-state index in [0.29, 0.717) is 11.7 Å². The fourth-order valence-electron chi connectivity index (χ4n) is 4.22. The van der Waals surface area contributed by atoms with Gasteiger partial charge in [-0.3, -0.25) is 9.69 Å². The van der Waals surface area contributed by atoms with E-state index in [2.05, 4.69) is 47.2 Å². The highest BCUT2D eigenvalue weighted by Crippen LogP contribution is 2.37. The van der Waals surface area contributed by atoms with Crippen molar-refractivity contribution >= 4 is 22.4 Å². The van der Waals surface area contributed by atoms with Crippen molar-refractivity contribution in [3.63, 3.8) is 0 Å². The van der Waals surface area contributed by atoms with Gasteiger partial charge in [0.1, 0.15) is 0 Å². The SMILES string of the molecule is Cc1ccc(C)c(-c2csc(NC(=O)CN3CCC4(CCCOC4)C3)n2)c1. The van der Waals surface area contributed by atoms with Crippen molar-refractivity contribution in [1.82, 2.24) is 9.88 Å². The maximum absolute atomic E-state index is 12.5. The minimum Gasteiger partial charge on any atom is -0.381 e. The molecule has 27 heavy (non-hydrogen) atoms. The minimum absolute atomic E-state index is 0.0191. The van der Waals surface area contributed by atoms with Crippen LogP contribution in [-0.2, 0) is 9.53 Å². The second kappa shape index (κ2) is 7.70. The average Bonchev–Trinajstić information content (AvgIpc) is 3.25. The summed E-state index contributed by atoms with van der Waals surface area (Å²) >= 11 is 1.49. The third kappa shape index (κ3) is 4.23. The van der Waals surface area contributed by atoms with Gasteiger partial charge in [0.2, 0.25) is 5.91 Å². The van der Waals surface area contributed by atoms with Crippen LogP contribution in [0.5, 0.6) is 0 Å². The number of aryl methyl sites for hydroxylation is 2. The van der Waals surface area contributed by atoms with Gasteiger partial charge < -0.3 is 10.1 Å². The highest BCUT2D eigenvalue weighted by molar-refractivity contribution is 7.14. The molecule has 2 saturated heterocycles. The van der Waals surface area contributed by atoms with E-state index in [0.717, 1.165) is 50.4 Å². The van der Waals surface area contributed by atoms with Gasteiger partial charge in [0.05, 0.1) is 18.8 Å². The maximum atomic E-state index is 12.5. The number of hydrogen-bond donors (Lipinski definition) is 1. The molecule has 1 aromatic heterocycles. The molecule has 0 saturated carbocycles. The molecule has 1 spiro atoms. The molecule has 1 aromatic carbocycles. The van der Waals surface area contributed by atoms with Gasteiger partial charge >= 0.3 is 0 Å². The number of benzene rings is 1. The predicted octanol–water partition coefficient (Wildman–Crippen LogP) is 3.87. The summed E-state index contributed by atoms with van der Waals surface area (Å²) in [7, 11) is 0. The van der Waals surface area contributed by atoms with Gasteiger partial charge in [0.15, 0.2) is 5.13 Å². The van der Waals surface area contributed by atoms with Gasteiger partial charge in [-0.15, -0.1) is 11.3 Å². The van der Waals surface area contributed by atoms with Gasteiger partial charge in [-0.25, -0.2) is 4.98 Å². The highest BCUT2D eigenvalue weighted by atomic mass is 32.1. The number of aromatic nitrogens is 1. The lowest BCUT2D eigenvalue weighted by atomic mass is 9.82. The second-order valence-corrected chi connectivity index (χ2v) is 8.88. The Morgan fingerprint density at radius 3 is 3.07 bits per heavy atom.